The van der Waals surface area contributed by atoms with Crippen LogP contribution in [-0.4, -0.2) is 0 Å². The van der Waals surface area contributed by atoms with Gasteiger partial charge in [-0.25, -0.2) is 0 Å². The molecule has 2 aromatic heterocycles. The van der Waals surface area contributed by atoms with Crippen molar-refractivity contribution in [3.05, 3.63) is 44.4 Å². The highest BCUT2D eigenvalue weighted by Crippen LogP contribution is 2.25. The number of hydrogen-bond acceptors (Lipinski definition) is 3. The van der Waals surface area contributed by atoms with Crippen LogP contribution < -0.4 is 5.32 Å². The molecule has 1 N–H and O–H groups in total. The second-order valence-electron chi connectivity index (χ2n) is 3.75. The first-order chi connectivity index (χ1) is 7.66. The molecule has 0 spiro atoms. The van der Waals surface area contributed by atoms with E-state index in [1.165, 1.54) is 9.75 Å². The van der Waals surface area contributed by atoms with Gasteiger partial charge in [-0.1, -0.05) is 0 Å². The van der Waals surface area contributed by atoms with Crippen LogP contribution in [0.1, 0.15) is 28.5 Å². The van der Waals surface area contributed by atoms with Crippen LogP contribution in [0, 0.1) is 6.92 Å². The minimum Gasteiger partial charge on any atom is -0.466 e. The number of nitrogens with one attached hydrogen (secondary N) is 1. The van der Waals surface area contributed by atoms with Crippen molar-refractivity contribution >= 4 is 27.3 Å². The highest BCUT2D eigenvalue weighted by Gasteiger charge is 2.12. The Kier molecular flexibility index (Phi) is 3.84. The predicted molar refractivity (Wildman–Crippen MR) is 70.7 cm³/mol. The average molecular weight is 300 g/mol. The van der Waals surface area contributed by atoms with Gasteiger partial charge >= 0.3 is 0 Å². The standard InChI is InChI=1S/C12H14BrNOS/c1-8-3-4-10(16-8)7-14-9(2)12-11(13)5-6-15-12/h3-6,9,14H,7H2,1-2H3. The molecule has 0 aliphatic heterocycles. The van der Waals surface area contributed by atoms with Crippen molar-refractivity contribution in [1.29, 1.82) is 0 Å². The Labute approximate surface area is 108 Å². The topological polar surface area (TPSA) is 25.2 Å². The number of furan rings is 1. The molecule has 0 saturated carbocycles. The number of thiophene rings is 1. The van der Waals surface area contributed by atoms with Crippen molar-refractivity contribution in [2.24, 2.45) is 0 Å². The zero-order chi connectivity index (χ0) is 11.5. The van der Waals surface area contributed by atoms with Crippen LogP contribution >= 0.6 is 27.3 Å². The normalized spacial score (nSPS) is 12.9. The van der Waals surface area contributed by atoms with Crippen LogP contribution in [0.3, 0.4) is 0 Å². The quantitative estimate of drug-likeness (QED) is 0.912. The molecular weight excluding hydrogens is 286 g/mol. The van der Waals surface area contributed by atoms with Gasteiger partial charge in [-0.2, -0.15) is 0 Å². The van der Waals surface area contributed by atoms with E-state index in [-0.39, 0.29) is 6.04 Å². The Bertz CT molecular complexity index is 463. The lowest BCUT2D eigenvalue weighted by atomic mass is 10.2. The van der Waals surface area contributed by atoms with Crippen LogP contribution in [0.5, 0.6) is 0 Å². The number of halogens is 1. The summed E-state index contributed by atoms with van der Waals surface area (Å²) in [6, 6.07) is 6.45. The van der Waals surface area contributed by atoms with Crippen molar-refractivity contribution < 1.29 is 4.42 Å². The Morgan fingerprint density at radius 3 is 2.81 bits per heavy atom. The molecule has 0 aliphatic rings. The molecule has 2 nitrogen and oxygen atoms in total. The highest BCUT2D eigenvalue weighted by atomic mass is 79.9. The molecule has 1 unspecified atom stereocenters. The van der Waals surface area contributed by atoms with Gasteiger partial charge in [0.1, 0.15) is 5.76 Å². The first kappa shape index (κ1) is 11.9. The van der Waals surface area contributed by atoms with Crippen molar-refractivity contribution in [3.8, 4) is 0 Å². The van der Waals surface area contributed by atoms with Gasteiger partial charge in [0, 0.05) is 16.3 Å². The number of rotatable bonds is 4. The van der Waals surface area contributed by atoms with Crippen LogP contribution in [0.25, 0.3) is 0 Å². The summed E-state index contributed by atoms with van der Waals surface area (Å²) in [5.74, 6) is 0.952. The Balaban J connectivity index is 1.93. The van der Waals surface area contributed by atoms with Gasteiger partial charge in [0.05, 0.1) is 16.8 Å². The van der Waals surface area contributed by atoms with Gasteiger partial charge in [0.15, 0.2) is 0 Å². The fourth-order valence-corrected chi connectivity index (χ4v) is 2.93. The summed E-state index contributed by atoms with van der Waals surface area (Å²) in [4.78, 5) is 2.70. The first-order valence-electron chi connectivity index (χ1n) is 5.18. The Morgan fingerprint density at radius 1 is 1.44 bits per heavy atom. The first-order valence-corrected chi connectivity index (χ1v) is 6.79. The molecule has 2 aromatic rings. The fourth-order valence-electron chi connectivity index (χ4n) is 1.54. The average Bonchev–Trinajstić information content (AvgIpc) is 2.84. The van der Waals surface area contributed by atoms with Gasteiger partial charge in [-0.05, 0) is 48.0 Å². The lowest BCUT2D eigenvalue weighted by molar-refractivity contribution is 0.429. The monoisotopic (exact) mass is 299 g/mol. The van der Waals surface area contributed by atoms with Crippen molar-refractivity contribution in [1.82, 2.24) is 5.32 Å². The third-order valence-electron chi connectivity index (χ3n) is 2.42. The second kappa shape index (κ2) is 5.17. The molecule has 0 saturated heterocycles. The molecule has 86 valence electrons. The molecule has 0 fully saturated rings. The third kappa shape index (κ3) is 2.75. The Hall–Kier alpha value is -0.580. The molecule has 0 aromatic carbocycles. The minimum atomic E-state index is 0.215. The lowest BCUT2D eigenvalue weighted by Gasteiger charge is -2.10. The molecule has 0 aliphatic carbocycles. The van der Waals surface area contributed by atoms with Crippen molar-refractivity contribution in [3.63, 3.8) is 0 Å². The van der Waals surface area contributed by atoms with E-state index in [9.17, 15) is 0 Å². The number of aryl methyl sites for hydroxylation is 1. The van der Waals surface area contributed by atoms with Gasteiger partial charge in [0.25, 0.3) is 0 Å². The van der Waals surface area contributed by atoms with E-state index in [1.54, 1.807) is 6.26 Å². The van der Waals surface area contributed by atoms with Gasteiger partial charge in [-0.3, -0.25) is 0 Å². The summed E-state index contributed by atoms with van der Waals surface area (Å²) in [6.45, 7) is 5.11. The van der Waals surface area contributed by atoms with Crippen LogP contribution in [0.15, 0.2) is 33.4 Å². The fraction of sp³-hybridized carbons (Fsp3) is 0.333. The smallest absolute Gasteiger partial charge is 0.134 e. The van der Waals surface area contributed by atoms with E-state index < -0.39 is 0 Å². The molecular formula is C12H14BrNOS. The van der Waals surface area contributed by atoms with Crippen molar-refractivity contribution in [2.75, 3.05) is 0 Å². The molecule has 16 heavy (non-hydrogen) atoms. The molecule has 2 rings (SSSR count). The summed E-state index contributed by atoms with van der Waals surface area (Å²) in [6.07, 6.45) is 1.70. The van der Waals surface area contributed by atoms with E-state index in [4.69, 9.17) is 4.42 Å². The van der Waals surface area contributed by atoms with Gasteiger partial charge in [0.2, 0.25) is 0 Å². The zero-order valence-corrected chi connectivity index (χ0v) is 11.7. The summed E-state index contributed by atoms with van der Waals surface area (Å²) < 4.78 is 6.44. The molecule has 0 bridgehead atoms. The third-order valence-corrected chi connectivity index (χ3v) is 4.07. The summed E-state index contributed by atoms with van der Waals surface area (Å²) in [5.41, 5.74) is 0. The molecule has 4 heteroatoms. The molecule has 0 radical (unpaired) electrons. The van der Waals surface area contributed by atoms with E-state index in [0.717, 1.165) is 16.8 Å². The maximum atomic E-state index is 5.41. The maximum absolute atomic E-state index is 5.41. The van der Waals surface area contributed by atoms with E-state index in [2.05, 4.69) is 47.2 Å². The number of hydrogen-bond donors (Lipinski definition) is 1. The van der Waals surface area contributed by atoms with E-state index >= 15 is 0 Å². The molecule has 1 atom stereocenters. The van der Waals surface area contributed by atoms with Crippen molar-refractivity contribution in [2.45, 2.75) is 26.4 Å². The molecule has 2 heterocycles. The van der Waals surface area contributed by atoms with Crippen LogP contribution in [0.4, 0.5) is 0 Å². The lowest BCUT2D eigenvalue weighted by Crippen LogP contribution is -2.17. The Morgan fingerprint density at radius 2 is 2.25 bits per heavy atom. The summed E-state index contributed by atoms with van der Waals surface area (Å²) in [5, 5.41) is 3.44. The van der Waals surface area contributed by atoms with E-state index in [0.29, 0.717) is 0 Å². The van der Waals surface area contributed by atoms with Crippen LogP contribution in [0.2, 0.25) is 0 Å². The predicted octanol–water partition coefficient (Wildman–Crippen LogP) is 4.26. The highest BCUT2D eigenvalue weighted by molar-refractivity contribution is 9.10. The second-order valence-corrected chi connectivity index (χ2v) is 5.97. The largest absolute Gasteiger partial charge is 0.466 e. The summed E-state index contributed by atoms with van der Waals surface area (Å²) in [7, 11) is 0. The zero-order valence-electron chi connectivity index (χ0n) is 9.29. The minimum absolute atomic E-state index is 0.215. The van der Waals surface area contributed by atoms with E-state index in [1.807, 2.05) is 17.4 Å². The molecule has 0 amide bonds. The SMILES string of the molecule is Cc1ccc(CNC(C)c2occc2Br)s1. The van der Waals surface area contributed by atoms with Gasteiger partial charge < -0.3 is 9.73 Å². The van der Waals surface area contributed by atoms with Gasteiger partial charge in [-0.15, -0.1) is 11.3 Å². The maximum Gasteiger partial charge on any atom is 0.134 e. The summed E-state index contributed by atoms with van der Waals surface area (Å²) >= 11 is 5.29. The van der Waals surface area contributed by atoms with Crippen LogP contribution in [-0.2, 0) is 6.54 Å².